The summed E-state index contributed by atoms with van der Waals surface area (Å²) in [4.78, 5) is 25.7. The molecule has 0 radical (unpaired) electrons. The van der Waals surface area contributed by atoms with Crippen molar-refractivity contribution in [3.63, 3.8) is 0 Å². The zero-order chi connectivity index (χ0) is 18.7. The lowest BCUT2D eigenvalue weighted by Gasteiger charge is -2.08. The Morgan fingerprint density at radius 2 is 1.96 bits per heavy atom. The molecule has 2 heterocycles. The monoisotopic (exact) mass is 373 g/mol. The predicted octanol–water partition coefficient (Wildman–Crippen LogP) is 4.88. The highest BCUT2D eigenvalue weighted by molar-refractivity contribution is 7.17. The molecule has 7 heteroatoms. The minimum absolute atomic E-state index is 0.134. The maximum atomic E-state index is 13.3. The first kappa shape index (κ1) is 17.9. The lowest BCUT2D eigenvalue weighted by molar-refractivity contribution is 0.0529. The summed E-state index contributed by atoms with van der Waals surface area (Å²) in [5.74, 6) is -1.25. The molecule has 1 N–H and O–H groups in total. The number of esters is 1. The van der Waals surface area contributed by atoms with E-state index in [0.717, 1.165) is 4.88 Å². The number of aryl methyl sites for hydroxylation is 1. The van der Waals surface area contributed by atoms with Crippen LogP contribution in [-0.2, 0) is 4.74 Å². The molecule has 134 valence electrons. The molecule has 0 fully saturated rings. The van der Waals surface area contributed by atoms with Gasteiger partial charge in [-0.3, -0.25) is 4.79 Å². The van der Waals surface area contributed by atoms with E-state index in [4.69, 9.17) is 9.15 Å². The Kier molecular flexibility index (Phi) is 5.18. The summed E-state index contributed by atoms with van der Waals surface area (Å²) in [6, 6.07) is 8.95. The van der Waals surface area contributed by atoms with Crippen molar-refractivity contribution in [2.24, 2.45) is 0 Å². The molecule has 2 aromatic heterocycles. The Bertz CT molecular complexity index is 929. The zero-order valence-corrected chi connectivity index (χ0v) is 15.0. The lowest BCUT2D eigenvalue weighted by atomic mass is 10.0. The Balaban J connectivity index is 2.06. The molecule has 1 aromatic carbocycles. The van der Waals surface area contributed by atoms with Crippen LogP contribution in [0.1, 0.15) is 32.7 Å². The van der Waals surface area contributed by atoms with Crippen LogP contribution in [0.25, 0.3) is 11.1 Å². The molecule has 1 amide bonds. The molecule has 3 rings (SSSR count). The van der Waals surface area contributed by atoms with E-state index in [1.807, 2.05) is 6.92 Å². The maximum absolute atomic E-state index is 13.3. The number of anilines is 1. The second-order valence-electron chi connectivity index (χ2n) is 5.40. The number of benzene rings is 1. The molecule has 26 heavy (non-hydrogen) atoms. The molecular formula is C19H16FNO4S. The van der Waals surface area contributed by atoms with Gasteiger partial charge in [0.1, 0.15) is 16.4 Å². The molecule has 3 aromatic rings. The molecule has 0 unspecified atom stereocenters. The van der Waals surface area contributed by atoms with Gasteiger partial charge in [0.15, 0.2) is 5.76 Å². The van der Waals surface area contributed by atoms with Crippen molar-refractivity contribution in [2.45, 2.75) is 13.8 Å². The molecule has 0 saturated carbocycles. The van der Waals surface area contributed by atoms with Gasteiger partial charge in [0, 0.05) is 10.4 Å². The Labute approximate surface area is 153 Å². The van der Waals surface area contributed by atoms with Crippen molar-refractivity contribution in [3.05, 3.63) is 64.7 Å². The quantitative estimate of drug-likeness (QED) is 0.647. The van der Waals surface area contributed by atoms with Gasteiger partial charge in [-0.2, -0.15) is 0 Å². The number of carbonyl (C=O) groups excluding carboxylic acids is 2. The van der Waals surface area contributed by atoms with Crippen LogP contribution in [-0.4, -0.2) is 18.5 Å². The summed E-state index contributed by atoms with van der Waals surface area (Å²) in [5.41, 5.74) is 1.53. The molecule has 0 bridgehead atoms. The summed E-state index contributed by atoms with van der Waals surface area (Å²) in [7, 11) is 0. The van der Waals surface area contributed by atoms with E-state index >= 15 is 0 Å². The highest BCUT2D eigenvalue weighted by Crippen LogP contribution is 2.40. The Hall–Kier alpha value is -2.93. The first-order valence-corrected chi connectivity index (χ1v) is 8.74. The number of thiophene rings is 1. The van der Waals surface area contributed by atoms with Gasteiger partial charge in [-0.15, -0.1) is 11.3 Å². The molecule has 0 aliphatic carbocycles. The fraction of sp³-hybridized carbons (Fsp3) is 0.158. The van der Waals surface area contributed by atoms with Crippen LogP contribution in [0.4, 0.5) is 9.39 Å². The van der Waals surface area contributed by atoms with Crippen LogP contribution in [0.2, 0.25) is 0 Å². The standard InChI is InChI=1S/C19H16FNO4S/c1-3-24-19(23)16-15(12-6-8-13(20)9-7-12)11(2)26-18(16)21-17(22)14-5-4-10-25-14/h4-10H,3H2,1-2H3,(H,21,22). The van der Waals surface area contributed by atoms with Gasteiger partial charge in [0.25, 0.3) is 5.91 Å². The highest BCUT2D eigenvalue weighted by Gasteiger charge is 2.26. The number of carbonyl (C=O) groups is 2. The number of furan rings is 1. The number of halogens is 1. The third-order valence-corrected chi connectivity index (χ3v) is 4.69. The van der Waals surface area contributed by atoms with E-state index in [1.54, 1.807) is 25.1 Å². The van der Waals surface area contributed by atoms with Crippen LogP contribution in [0.5, 0.6) is 0 Å². The largest absolute Gasteiger partial charge is 0.462 e. The lowest BCUT2D eigenvalue weighted by Crippen LogP contribution is -2.14. The molecule has 0 spiro atoms. The average Bonchev–Trinajstić information content (AvgIpc) is 3.24. The van der Waals surface area contributed by atoms with E-state index in [0.29, 0.717) is 16.1 Å². The SMILES string of the molecule is CCOC(=O)c1c(NC(=O)c2ccco2)sc(C)c1-c1ccc(F)cc1. The third kappa shape index (κ3) is 3.52. The normalized spacial score (nSPS) is 10.6. The summed E-state index contributed by atoms with van der Waals surface area (Å²) in [6.45, 7) is 3.73. The summed E-state index contributed by atoms with van der Waals surface area (Å²) >= 11 is 1.25. The topological polar surface area (TPSA) is 68.5 Å². The van der Waals surface area contributed by atoms with Gasteiger partial charge in [-0.25, -0.2) is 9.18 Å². The first-order chi connectivity index (χ1) is 12.5. The van der Waals surface area contributed by atoms with E-state index in [2.05, 4.69) is 5.32 Å². The van der Waals surface area contributed by atoms with Crippen molar-refractivity contribution in [1.29, 1.82) is 0 Å². The van der Waals surface area contributed by atoms with Crippen molar-refractivity contribution < 1.29 is 23.1 Å². The zero-order valence-electron chi connectivity index (χ0n) is 14.2. The summed E-state index contributed by atoms with van der Waals surface area (Å²) in [5, 5.41) is 3.07. The van der Waals surface area contributed by atoms with Crippen LogP contribution < -0.4 is 5.32 Å². The second kappa shape index (κ2) is 7.53. The number of rotatable bonds is 5. The smallest absolute Gasteiger partial charge is 0.341 e. The number of nitrogens with one attached hydrogen (secondary N) is 1. The minimum Gasteiger partial charge on any atom is -0.462 e. The second-order valence-corrected chi connectivity index (χ2v) is 6.62. The molecule has 0 saturated heterocycles. The van der Waals surface area contributed by atoms with Crippen molar-refractivity contribution in [3.8, 4) is 11.1 Å². The molecule has 0 aliphatic heterocycles. The van der Waals surface area contributed by atoms with Gasteiger partial charge < -0.3 is 14.5 Å². The number of hydrogen-bond acceptors (Lipinski definition) is 5. The molecular weight excluding hydrogens is 357 g/mol. The molecule has 0 aliphatic rings. The Morgan fingerprint density at radius 1 is 1.23 bits per heavy atom. The van der Waals surface area contributed by atoms with E-state index in [9.17, 15) is 14.0 Å². The van der Waals surface area contributed by atoms with Gasteiger partial charge in [-0.1, -0.05) is 12.1 Å². The predicted molar refractivity (Wildman–Crippen MR) is 97.1 cm³/mol. The number of amides is 1. The summed E-state index contributed by atoms with van der Waals surface area (Å²) in [6.07, 6.45) is 1.39. The first-order valence-electron chi connectivity index (χ1n) is 7.92. The van der Waals surface area contributed by atoms with E-state index in [-0.39, 0.29) is 23.7 Å². The molecule has 0 atom stereocenters. The maximum Gasteiger partial charge on any atom is 0.341 e. The molecule has 5 nitrogen and oxygen atoms in total. The van der Waals surface area contributed by atoms with E-state index < -0.39 is 11.9 Å². The van der Waals surface area contributed by atoms with Gasteiger partial charge in [-0.05, 0) is 43.7 Å². The third-order valence-electron chi connectivity index (χ3n) is 3.67. The number of hydrogen-bond donors (Lipinski definition) is 1. The van der Waals surface area contributed by atoms with Crippen LogP contribution in [0, 0.1) is 12.7 Å². The highest BCUT2D eigenvalue weighted by atomic mass is 32.1. The van der Waals surface area contributed by atoms with Crippen molar-refractivity contribution >= 4 is 28.2 Å². The van der Waals surface area contributed by atoms with Gasteiger partial charge in [0.05, 0.1) is 12.9 Å². The van der Waals surface area contributed by atoms with Crippen molar-refractivity contribution in [2.75, 3.05) is 11.9 Å². The number of ether oxygens (including phenoxy) is 1. The van der Waals surface area contributed by atoms with E-state index in [1.165, 1.54) is 35.8 Å². The van der Waals surface area contributed by atoms with Crippen LogP contribution >= 0.6 is 11.3 Å². The Morgan fingerprint density at radius 3 is 2.58 bits per heavy atom. The fourth-order valence-corrected chi connectivity index (χ4v) is 3.63. The van der Waals surface area contributed by atoms with Gasteiger partial charge in [0.2, 0.25) is 0 Å². The average molecular weight is 373 g/mol. The fourth-order valence-electron chi connectivity index (χ4n) is 2.57. The summed E-state index contributed by atoms with van der Waals surface area (Å²) < 4.78 is 23.5. The van der Waals surface area contributed by atoms with Crippen molar-refractivity contribution in [1.82, 2.24) is 0 Å². The van der Waals surface area contributed by atoms with Gasteiger partial charge >= 0.3 is 5.97 Å². The van der Waals surface area contributed by atoms with Crippen LogP contribution in [0.15, 0.2) is 47.1 Å². The minimum atomic E-state index is -0.550. The van der Waals surface area contributed by atoms with Crippen LogP contribution in [0.3, 0.4) is 0 Å².